The van der Waals surface area contributed by atoms with Gasteiger partial charge in [-0.15, -0.1) is 0 Å². The van der Waals surface area contributed by atoms with E-state index in [9.17, 15) is 66.4 Å². The van der Waals surface area contributed by atoms with Gasteiger partial charge in [0.15, 0.2) is 25.2 Å². The van der Waals surface area contributed by atoms with E-state index in [1.807, 2.05) is 20.8 Å². The molecule has 13 unspecified atom stereocenters. The van der Waals surface area contributed by atoms with Gasteiger partial charge in [0.25, 0.3) is 0 Å². The summed E-state index contributed by atoms with van der Waals surface area (Å²) in [5, 5.41) is 142. The first kappa shape index (κ1) is 60.5. The third kappa shape index (κ3) is 10.4. The van der Waals surface area contributed by atoms with Gasteiger partial charge in [0.2, 0.25) is 0 Å². The summed E-state index contributed by atoms with van der Waals surface area (Å²) in [6, 6.07) is 0. The van der Waals surface area contributed by atoms with Crippen molar-refractivity contribution in [2.24, 2.45) is 51.2 Å². The van der Waals surface area contributed by atoms with E-state index in [1.165, 1.54) is 0 Å². The van der Waals surface area contributed by atoms with E-state index < -0.39 is 159 Å². The van der Waals surface area contributed by atoms with Crippen LogP contribution in [0.4, 0.5) is 0 Å². The van der Waals surface area contributed by atoms with E-state index in [2.05, 4.69) is 40.7 Å². The Balaban J connectivity index is 0.925. The smallest absolute Gasteiger partial charge is 0.187 e. The van der Waals surface area contributed by atoms with E-state index >= 15 is 0 Å². The molecular weight excluding hydrogens is 1010 g/mol. The topological polar surface area (TPSA) is 346 Å². The molecular formula is C55H92O22. The van der Waals surface area contributed by atoms with Crippen molar-refractivity contribution in [3.8, 4) is 0 Å². The summed E-state index contributed by atoms with van der Waals surface area (Å²) in [7, 11) is 0. The van der Waals surface area contributed by atoms with E-state index in [-0.39, 0.29) is 59.7 Å². The standard InChI is InChI=1S/C55H92O22/c1-24(2)10-9-14-55(8,77-49-43(67)40(64)38(62)31(74-49)23-70-47-44(68)45-25(19-56)30(73-47)22-69-45)26-11-16-54(7)35(26)27(59)18-33-52(5)15-13-34(51(3,4)32(52)12-17-53(33,54)6)75-50-46(41(65)37(61)29(21-58)72-50)76-48-42(66)39(63)36(60)28(20-57)71-48/h10,25-50,56-68H,9,11-23H2,1-8H3/t25-,26?,27-,28?,29?,30?,31?,32?,33?,34+,35?,36-,37-,38-,39?,40+,41?,42?,43?,44+,45+,46?,47-,48+,49+,50+,52+,53-,54-,55+/m1/s1. The molecule has 22 heteroatoms. The number of fused-ring (bicyclic) bond motifs is 7. The first-order valence-electron chi connectivity index (χ1n) is 28.3. The molecule has 0 spiro atoms. The van der Waals surface area contributed by atoms with Crippen LogP contribution in [0.3, 0.4) is 0 Å². The van der Waals surface area contributed by atoms with Crippen molar-refractivity contribution in [1.82, 2.24) is 0 Å². The Hall–Kier alpha value is -1.14. The number of hydrogen-bond donors (Lipinski definition) is 13. The molecule has 444 valence electrons. The molecule has 5 aliphatic heterocycles. The van der Waals surface area contributed by atoms with Gasteiger partial charge in [0.1, 0.15) is 79.4 Å². The summed E-state index contributed by atoms with van der Waals surface area (Å²) < 4.78 is 55.5. The second-order valence-corrected chi connectivity index (χ2v) is 26.2. The predicted octanol–water partition coefficient (Wildman–Crippen LogP) is -0.909. The van der Waals surface area contributed by atoms with Crippen LogP contribution in [0.2, 0.25) is 0 Å². The fourth-order valence-electron chi connectivity index (χ4n) is 17.0. The number of aliphatic hydroxyl groups excluding tert-OH is 13. The number of hydrogen-bond acceptors (Lipinski definition) is 22. The van der Waals surface area contributed by atoms with Crippen LogP contribution in [0.1, 0.15) is 113 Å². The fourth-order valence-corrected chi connectivity index (χ4v) is 17.0. The van der Waals surface area contributed by atoms with Gasteiger partial charge in [-0.1, -0.05) is 46.3 Å². The van der Waals surface area contributed by atoms with Crippen molar-refractivity contribution in [1.29, 1.82) is 0 Å². The summed E-state index contributed by atoms with van der Waals surface area (Å²) in [5.41, 5.74) is -1.39. The van der Waals surface area contributed by atoms with Crippen molar-refractivity contribution in [3.63, 3.8) is 0 Å². The highest BCUT2D eigenvalue weighted by molar-refractivity contribution is 5.21. The molecule has 0 aromatic heterocycles. The summed E-state index contributed by atoms with van der Waals surface area (Å²) in [4.78, 5) is 0. The molecule has 0 aromatic rings. The van der Waals surface area contributed by atoms with Crippen LogP contribution in [-0.4, -0.2) is 234 Å². The van der Waals surface area contributed by atoms with Crippen molar-refractivity contribution in [2.45, 2.75) is 248 Å². The van der Waals surface area contributed by atoms with Crippen molar-refractivity contribution >= 4 is 0 Å². The van der Waals surface area contributed by atoms with Crippen LogP contribution in [0.5, 0.6) is 0 Å². The summed E-state index contributed by atoms with van der Waals surface area (Å²) in [6.07, 6.45) is -19.9. The Kier molecular flexibility index (Phi) is 17.9. The maximum absolute atomic E-state index is 12.9. The Bertz CT molecular complexity index is 2030. The van der Waals surface area contributed by atoms with Gasteiger partial charge in [0, 0.05) is 5.92 Å². The maximum Gasteiger partial charge on any atom is 0.187 e. The molecule has 30 atom stereocenters. The van der Waals surface area contributed by atoms with Crippen LogP contribution in [0.15, 0.2) is 11.6 Å². The lowest BCUT2D eigenvalue weighted by molar-refractivity contribution is -0.378. The van der Waals surface area contributed by atoms with E-state index in [0.29, 0.717) is 38.5 Å². The first-order chi connectivity index (χ1) is 36.2. The second-order valence-electron chi connectivity index (χ2n) is 26.2. The molecule has 9 rings (SSSR count). The molecule has 2 bridgehead atoms. The van der Waals surface area contributed by atoms with Gasteiger partial charge in [-0.25, -0.2) is 0 Å². The van der Waals surface area contributed by atoms with Gasteiger partial charge in [-0.2, -0.15) is 0 Å². The lowest BCUT2D eigenvalue weighted by atomic mass is 9.35. The monoisotopic (exact) mass is 1100 g/mol. The van der Waals surface area contributed by atoms with Crippen molar-refractivity contribution in [2.75, 3.05) is 33.0 Å². The van der Waals surface area contributed by atoms with Crippen LogP contribution in [0, 0.1) is 51.2 Å². The van der Waals surface area contributed by atoms with Crippen LogP contribution >= 0.6 is 0 Å². The summed E-state index contributed by atoms with van der Waals surface area (Å²) >= 11 is 0. The lowest BCUT2D eigenvalue weighted by Crippen LogP contribution is -2.68. The minimum Gasteiger partial charge on any atom is -0.396 e. The molecule has 5 saturated heterocycles. The minimum atomic E-state index is -1.81. The third-order valence-corrected chi connectivity index (χ3v) is 21.5. The largest absolute Gasteiger partial charge is 0.396 e. The average molecular weight is 1110 g/mol. The van der Waals surface area contributed by atoms with Gasteiger partial charge < -0.3 is 109 Å². The highest BCUT2D eigenvalue weighted by atomic mass is 16.8. The Morgan fingerprint density at radius 2 is 1.22 bits per heavy atom. The number of aliphatic hydroxyl groups is 13. The molecule has 5 heterocycles. The molecule has 4 aliphatic carbocycles. The van der Waals surface area contributed by atoms with Gasteiger partial charge in [-0.3, -0.25) is 0 Å². The summed E-state index contributed by atoms with van der Waals surface area (Å²) in [5.74, 6) is -0.758. The highest BCUT2D eigenvalue weighted by Crippen LogP contribution is 2.76. The van der Waals surface area contributed by atoms with Gasteiger partial charge in [-0.05, 0) is 124 Å². The number of ether oxygens (including phenoxy) is 9. The van der Waals surface area contributed by atoms with Crippen LogP contribution in [0.25, 0.3) is 0 Å². The van der Waals surface area contributed by atoms with Crippen molar-refractivity contribution < 1.29 is 109 Å². The fraction of sp³-hybridized carbons (Fsp3) is 0.964. The van der Waals surface area contributed by atoms with E-state index in [1.54, 1.807) is 0 Å². The lowest BCUT2D eigenvalue weighted by Gasteiger charge is -2.71. The predicted molar refractivity (Wildman–Crippen MR) is 267 cm³/mol. The van der Waals surface area contributed by atoms with Crippen LogP contribution in [-0.2, 0) is 42.6 Å². The van der Waals surface area contributed by atoms with Gasteiger partial charge >= 0.3 is 0 Å². The van der Waals surface area contributed by atoms with E-state index in [0.717, 1.165) is 24.8 Å². The normalized spacial score (nSPS) is 53.2. The summed E-state index contributed by atoms with van der Waals surface area (Å²) in [6.45, 7) is 15.6. The zero-order chi connectivity index (χ0) is 56.1. The first-order valence-corrected chi connectivity index (χ1v) is 28.3. The molecule has 22 nitrogen and oxygen atoms in total. The van der Waals surface area contributed by atoms with E-state index in [4.69, 9.17) is 42.6 Å². The van der Waals surface area contributed by atoms with Crippen LogP contribution < -0.4 is 0 Å². The van der Waals surface area contributed by atoms with Gasteiger partial charge in [0.05, 0.1) is 63.1 Å². The Labute approximate surface area is 451 Å². The highest BCUT2D eigenvalue weighted by Gasteiger charge is 2.72. The molecule has 9 fully saturated rings. The second kappa shape index (κ2) is 22.8. The molecule has 13 N–H and O–H groups in total. The molecule has 9 aliphatic rings. The number of rotatable bonds is 16. The third-order valence-electron chi connectivity index (χ3n) is 21.5. The Morgan fingerprint density at radius 3 is 1.87 bits per heavy atom. The molecule has 0 radical (unpaired) electrons. The molecule has 4 saturated carbocycles. The molecule has 0 aromatic carbocycles. The van der Waals surface area contributed by atoms with Crippen molar-refractivity contribution in [3.05, 3.63) is 11.6 Å². The zero-order valence-corrected chi connectivity index (χ0v) is 46.0. The maximum atomic E-state index is 12.9. The number of allylic oxidation sites excluding steroid dienone is 2. The SMILES string of the molecule is CC(C)=CCC[C@](C)(O[C@@H]1OC(CO[C@@H]2OC3CO[C@H]([C@@H]2O)[C@@H]3CO)[C@@H](O)[C@H](O)C1O)C1CC[C@]2(C)C1[C@H](O)CC1[C@@]3(C)CC[C@H](O[C@@H]4OC(CO)[C@@H](O)C(O)C4O[C@@H]4OC(CO)[C@@H](O)C(O)C4O)C(C)(C)C3CC[C@]12C. The Morgan fingerprint density at radius 1 is 0.610 bits per heavy atom. The quantitative estimate of drug-likeness (QED) is 0.0657. The molecule has 77 heavy (non-hydrogen) atoms. The zero-order valence-electron chi connectivity index (χ0n) is 46.0. The minimum absolute atomic E-state index is 0.0594. The molecule has 0 amide bonds. The average Bonchev–Trinajstić information content (AvgIpc) is 4.14.